The third-order valence-electron chi connectivity index (χ3n) is 11.9. The molecule has 8 rings (SSSR count). The number of allylic oxidation sites excluding steroid dienone is 2. The summed E-state index contributed by atoms with van der Waals surface area (Å²) in [5.41, 5.74) is 20.9. The van der Waals surface area contributed by atoms with E-state index in [4.69, 9.17) is 14.7 Å². The first-order valence-corrected chi connectivity index (χ1v) is 19.9. The number of aromatic nitrogens is 4. The third kappa shape index (κ3) is 5.42. The number of nitrogens with one attached hydrogen (secondary N) is 2. The molecule has 0 fully saturated rings. The fourth-order valence-corrected chi connectivity index (χ4v) is 9.48. The lowest BCUT2D eigenvalue weighted by Gasteiger charge is -2.12. The van der Waals surface area contributed by atoms with Crippen LogP contribution in [0.4, 0.5) is 0 Å². The van der Waals surface area contributed by atoms with Gasteiger partial charge in [0.2, 0.25) is 0 Å². The number of aryl methyl sites for hydroxylation is 4. The highest BCUT2D eigenvalue weighted by molar-refractivity contribution is 6.14. The van der Waals surface area contributed by atoms with Gasteiger partial charge in [0.05, 0.1) is 40.7 Å². The minimum Gasteiger partial charge on any atom is -0.497 e. The van der Waals surface area contributed by atoms with Crippen molar-refractivity contribution in [3.05, 3.63) is 112 Å². The van der Waals surface area contributed by atoms with E-state index in [0.717, 1.165) is 89.9 Å². The summed E-state index contributed by atoms with van der Waals surface area (Å²) in [6, 6.07) is 24.5. The maximum atomic E-state index is 5.63. The summed E-state index contributed by atoms with van der Waals surface area (Å²) < 4.78 is 5.63. The third-order valence-corrected chi connectivity index (χ3v) is 11.9. The van der Waals surface area contributed by atoms with Crippen LogP contribution in [-0.4, -0.2) is 27.0 Å². The van der Waals surface area contributed by atoms with Crippen molar-refractivity contribution in [2.45, 2.75) is 99.3 Å². The number of benzene rings is 3. The van der Waals surface area contributed by atoms with Gasteiger partial charge < -0.3 is 14.7 Å². The van der Waals surface area contributed by atoms with Gasteiger partial charge in [0.15, 0.2) is 0 Å². The van der Waals surface area contributed by atoms with Crippen LogP contribution in [0.2, 0.25) is 0 Å². The van der Waals surface area contributed by atoms with E-state index >= 15 is 0 Å². The molecule has 0 radical (unpaired) electrons. The Hall–Kier alpha value is -5.16. The fourth-order valence-electron chi connectivity index (χ4n) is 9.48. The molecule has 1 atom stereocenters. The number of fused-ring (bicyclic) bond motifs is 10. The van der Waals surface area contributed by atoms with Crippen LogP contribution in [0.1, 0.15) is 119 Å². The van der Waals surface area contributed by atoms with Crippen LogP contribution in [0.25, 0.3) is 66.0 Å². The Bertz CT molecular complexity index is 2600. The van der Waals surface area contributed by atoms with Gasteiger partial charge in [-0.3, -0.25) is 4.98 Å². The molecule has 0 saturated heterocycles. The lowest BCUT2D eigenvalue weighted by Crippen LogP contribution is -1.96. The molecule has 5 heterocycles. The molecule has 53 heavy (non-hydrogen) atoms. The monoisotopic (exact) mass is 700 g/mol. The summed E-state index contributed by atoms with van der Waals surface area (Å²) in [5.74, 6) is 1.04. The average molecular weight is 701 g/mol. The van der Waals surface area contributed by atoms with E-state index in [1.54, 1.807) is 7.11 Å². The van der Waals surface area contributed by atoms with E-state index in [9.17, 15) is 0 Å². The lowest BCUT2D eigenvalue weighted by molar-refractivity contribution is 0.415. The quantitative estimate of drug-likeness (QED) is 0.158. The number of nitrogens with zero attached hydrogens (tertiary/aromatic N) is 2. The zero-order chi connectivity index (χ0) is 37.0. The van der Waals surface area contributed by atoms with Crippen LogP contribution in [0, 0.1) is 0 Å². The van der Waals surface area contributed by atoms with Gasteiger partial charge in [-0.05, 0) is 131 Å². The molecule has 2 N–H and O–H groups in total. The molecule has 2 aliphatic heterocycles. The Balaban J connectivity index is 1.67. The highest BCUT2D eigenvalue weighted by atomic mass is 16.5. The molecule has 5 nitrogen and oxygen atoms in total. The predicted molar refractivity (Wildman–Crippen MR) is 225 cm³/mol. The zero-order valence-electron chi connectivity index (χ0n) is 32.7. The van der Waals surface area contributed by atoms with Crippen molar-refractivity contribution < 1.29 is 4.74 Å². The molecule has 3 aromatic carbocycles. The number of ether oxygens (including phenoxy) is 1. The summed E-state index contributed by atoms with van der Waals surface area (Å²) >= 11 is 0. The molecular weight excluding hydrogens is 649 g/mol. The van der Waals surface area contributed by atoms with Crippen molar-refractivity contribution in [1.82, 2.24) is 19.9 Å². The van der Waals surface area contributed by atoms with E-state index < -0.39 is 0 Å². The second kappa shape index (κ2) is 14.0. The van der Waals surface area contributed by atoms with E-state index in [0.29, 0.717) is 0 Å². The highest BCUT2D eigenvalue weighted by Gasteiger charge is 2.28. The molecule has 0 amide bonds. The minimum atomic E-state index is 0.191. The zero-order valence-corrected chi connectivity index (χ0v) is 32.7. The molecule has 5 heteroatoms. The maximum Gasteiger partial charge on any atom is 0.118 e. The molecule has 0 saturated carbocycles. The molecule has 0 spiro atoms. The van der Waals surface area contributed by atoms with Crippen LogP contribution in [0.3, 0.4) is 0 Å². The van der Waals surface area contributed by atoms with Gasteiger partial charge in [-0.2, -0.15) is 0 Å². The van der Waals surface area contributed by atoms with Gasteiger partial charge in [-0.15, -0.1) is 0 Å². The van der Waals surface area contributed by atoms with Crippen LogP contribution >= 0.6 is 0 Å². The van der Waals surface area contributed by atoms with Crippen LogP contribution in [0.5, 0.6) is 5.75 Å². The van der Waals surface area contributed by atoms with E-state index in [1.165, 1.54) is 71.7 Å². The number of hydrogen-bond donors (Lipinski definition) is 2. The highest BCUT2D eigenvalue weighted by Crippen LogP contribution is 2.45. The van der Waals surface area contributed by atoms with Gasteiger partial charge >= 0.3 is 0 Å². The first-order chi connectivity index (χ1) is 25.9. The molecule has 8 bridgehead atoms. The molecule has 0 aliphatic carbocycles. The number of methoxy groups -OCH3 is 1. The van der Waals surface area contributed by atoms with Gasteiger partial charge in [0.1, 0.15) is 5.75 Å². The molecule has 270 valence electrons. The average Bonchev–Trinajstić information content (AvgIpc) is 3.93. The maximum absolute atomic E-state index is 5.63. The van der Waals surface area contributed by atoms with E-state index in [2.05, 4.69) is 125 Å². The Morgan fingerprint density at radius 2 is 1.26 bits per heavy atom. The van der Waals surface area contributed by atoms with Gasteiger partial charge in [-0.1, -0.05) is 84.9 Å². The van der Waals surface area contributed by atoms with E-state index in [1.807, 2.05) is 0 Å². The summed E-state index contributed by atoms with van der Waals surface area (Å²) in [7, 11) is 1.73. The van der Waals surface area contributed by atoms with Crippen molar-refractivity contribution in [1.29, 1.82) is 0 Å². The molecular formula is C48H52N4O. The van der Waals surface area contributed by atoms with Gasteiger partial charge in [0, 0.05) is 27.9 Å². The van der Waals surface area contributed by atoms with Crippen molar-refractivity contribution in [3.8, 4) is 16.9 Å². The predicted octanol–water partition coefficient (Wildman–Crippen LogP) is 12.8. The Kier molecular flexibility index (Phi) is 9.22. The second-order valence-corrected chi connectivity index (χ2v) is 14.5. The largest absolute Gasteiger partial charge is 0.497 e. The molecule has 3 aromatic heterocycles. The van der Waals surface area contributed by atoms with Crippen LogP contribution < -0.4 is 4.74 Å². The second-order valence-electron chi connectivity index (χ2n) is 14.5. The lowest BCUT2D eigenvalue weighted by atomic mass is 9.89. The summed E-state index contributed by atoms with van der Waals surface area (Å²) in [4.78, 5) is 19.4. The minimum absolute atomic E-state index is 0.191. The first-order valence-electron chi connectivity index (χ1n) is 19.9. The van der Waals surface area contributed by atoms with Crippen LogP contribution in [-0.2, 0) is 25.7 Å². The summed E-state index contributed by atoms with van der Waals surface area (Å²) in [6.07, 6.45) is 6.49. The molecule has 2 aliphatic rings. The summed E-state index contributed by atoms with van der Waals surface area (Å²) in [6.45, 7) is 16.0. The number of H-pyrrole nitrogens is 2. The number of hydrogen-bond acceptors (Lipinski definition) is 3. The van der Waals surface area contributed by atoms with Crippen LogP contribution in [0.15, 0.2) is 66.7 Å². The van der Waals surface area contributed by atoms with Gasteiger partial charge in [-0.25, -0.2) is 4.98 Å². The van der Waals surface area contributed by atoms with Crippen molar-refractivity contribution in [2.75, 3.05) is 7.11 Å². The van der Waals surface area contributed by atoms with Crippen molar-refractivity contribution in [2.24, 2.45) is 0 Å². The first kappa shape index (κ1) is 34.9. The van der Waals surface area contributed by atoms with Crippen molar-refractivity contribution in [3.63, 3.8) is 0 Å². The number of rotatable bonds is 9. The molecule has 1 unspecified atom stereocenters. The SMILES string of the molecule is CCC1=C(CC)c2nc1cc1[nH]c(c(CC)c1CC)c(-c1ccc(OC)cc1)c1[nH]c(cc3nc4c(cc5ccccc5c24)C3CC)c(CC)c1CC. The fraction of sp³-hybridized carbons (Fsp3) is 0.333. The van der Waals surface area contributed by atoms with Gasteiger partial charge in [0.25, 0.3) is 0 Å². The number of aromatic amines is 2. The molecule has 6 aromatic rings. The van der Waals surface area contributed by atoms with Crippen molar-refractivity contribution >= 4 is 54.9 Å². The standard InChI is InChI=1S/C48H52N4O/c1-9-30-34(13-5)45-43(27-20-22-29(53-8)23-21-27)46-35(14-6)31(10-2)40(50-46)26-42-33(12-4)38-24-28-18-16-17-19-37(28)44(48(38)52-42)47-36(15-7)32(11-3)41(51-47)25-39(30)49-45/h16-26,33,49-50H,9-15H2,1-8H3. The Morgan fingerprint density at radius 3 is 1.85 bits per heavy atom. The Labute approximate surface area is 313 Å². The smallest absolute Gasteiger partial charge is 0.118 e. The van der Waals surface area contributed by atoms with E-state index in [-0.39, 0.29) is 5.92 Å². The topological polar surface area (TPSA) is 66.6 Å². The normalized spacial score (nSPS) is 14.3. The Morgan fingerprint density at radius 1 is 0.642 bits per heavy atom. The summed E-state index contributed by atoms with van der Waals surface area (Å²) in [5, 5.41) is 3.66.